The normalized spacial score (nSPS) is 20.1. The largest absolute Gasteiger partial charge is 0.497 e. The molecule has 5 rings (SSSR count). The van der Waals surface area contributed by atoms with Gasteiger partial charge >= 0.3 is 0 Å². The van der Waals surface area contributed by atoms with Crippen molar-refractivity contribution in [2.45, 2.75) is 25.2 Å². The summed E-state index contributed by atoms with van der Waals surface area (Å²) in [5.74, 6) is 1.16. The number of nitrogens with zero attached hydrogens (tertiary/aromatic N) is 3. The standard InChI is InChI=1S/C24H20N4O2/c1-30-15-7-4-6-14(12-15)21-17(13-25)24-27-23(26)16-8-2-3-9-18(16)28(24)19-10-5-11-20(29)22(19)21/h2-4,6-9,12,21H,5,10-11H2,1H3,(H2,26,27)/t21-/m1/s1. The van der Waals surface area contributed by atoms with E-state index in [1.54, 1.807) is 7.11 Å². The van der Waals surface area contributed by atoms with Crippen molar-refractivity contribution in [3.8, 4) is 11.8 Å². The number of benzene rings is 2. The zero-order chi connectivity index (χ0) is 20.8. The number of rotatable bonds is 2. The Labute approximate surface area is 174 Å². The van der Waals surface area contributed by atoms with Crippen LogP contribution in [0.1, 0.15) is 36.3 Å². The third-order valence-corrected chi connectivity index (χ3v) is 5.92. The second-order valence-corrected chi connectivity index (χ2v) is 7.55. The van der Waals surface area contributed by atoms with Gasteiger partial charge in [-0.15, -0.1) is 0 Å². The molecule has 0 radical (unpaired) electrons. The maximum absolute atomic E-state index is 13.2. The van der Waals surface area contributed by atoms with Crippen LogP contribution < -0.4 is 15.4 Å². The van der Waals surface area contributed by atoms with Crippen molar-refractivity contribution in [2.75, 3.05) is 12.0 Å². The highest BCUT2D eigenvalue weighted by atomic mass is 16.5. The number of allylic oxidation sites excluding steroid dienone is 3. The van der Waals surface area contributed by atoms with Gasteiger partial charge in [0.25, 0.3) is 0 Å². The number of Topliss-reactive ketones (excluding diaryl/α,β-unsaturated/α-hetero) is 1. The smallest absolute Gasteiger partial charge is 0.161 e. The molecule has 148 valence electrons. The average Bonchev–Trinajstić information content (AvgIpc) is 2.78. The van der Waals surface area contributed by atoms with Gasteiger partial charge in [-0.25, -0.2) is 4.99 Å². The minimum absolute atomic E-state index is 0.0795. The third kappa shape index (κ3) is 2.56. The Morgan fingerprint density at radius 3 is 2.83 bits per heavy atom. The average molecular weight is 396 g/mol. The highest BCUT2D eigenvalue weighted by Gasteiger charge is 2.43. The Balaban J connectivity index is 1.82. The number of methoxy groups -OCH3 is 1. The number of fused-ring (bicyclic) bond motifs is 4. The highest BCUT2D eigenvalue weighted by molar-refractivity contribution is 6.08. The number of nitrogens with two attached hydrogens (primary N) is 1. The van der Waals surface area contributed by atoms with Gasteiger partial charge in [-0.3, -0.25) is 9.69 Å². The Kier molecular flexibility index (Phi) is 4.18. The van der Waals surface area contributed by atoms with Crippen molar-refractivity contribution in [3.63, 3.8) is 0 Å². The number of carbonyl (C=O) groups excluding carboxylic acids is 1. The van der Waals surface area contributed by atoms with E-state index in [-0.39, 0.29) is 5.78 Å². The lowest BCUT2D eigenvalue weighted by molar-refractivity contribution is -0.116. The van der Waals surface area contributed by atoms with Crippen molar-refractivity contribution < 1.29 is 9.53 Å². The summed E-state index contributed by atoms with van der Waals surface area (Å²) in [6, 6.07) is 17.6. The summed E-state index contributed by atoms with van der Waals surface area (Å²) < 4.78 is 5.39. The van der Waals surface area contributed by atoms with Crippen molar-refractivity contribution in [1.82, 2.24) is 0 Å². The van der Waals surface area contributed by atoms with Gasteiger partial charge in [-0.2, -0.15) is 5.26 Å². The van der Waals surface area contributed by atoms with Gasteiger partial charge < -0.3 is 10.5 Å². The Hall–Kier alpha value is -3.85. The molecule has 0 aromatic heterocycles. The van der Waals surface area contributed by atoms with Crippen LogP contribution in [0, 0.1) is 11.3 Å². The van der Waals surface area contributed by atoms with Gasteiger partial charge in [0.15, 0.2) is 11.6 Å². The predicted octanol–water partition coefficient (Wildman–Crippen LogP) is 3.76. The van der Waals surface area contributed by atoms with Gasteiger partial charge in [0.1, 0.15) is 11.6 Å². The van der Waals surface area contributed by atoms with Crippen LogP contribution in [-0.2, 0) is 4.79 Å². The molecule has 2 aromatic rings. The molecule has 1 aliphatic carbocycles. The number of hydrogen-bond acceptors (Lipinski definition) is 6. The number of ether oxygens (including phenoxy) is 1. The lowest BCUT2D eigenvalue weighted by Crippen LogP contribution is -2.39. The number of aliphatic imine (C=N–C) groups is 1. The van der Waals surface area contributed by atoms with Gasteiger partial charge in [0.05, 0.1) is 30.4 Å². The summed E-state index contributed by atoms with van der Waals surface area (Å²) in [6.07, 6.45) is 2.00. The first-order valence-corrected chi connectivity index (χ1v) is 9.92. The fourth-order valence-electron chi connectivity index (χ4n) is 4.63. The van der Waals surface area contributed by atoms with Crippen LogP contribution in [0.5, 0.6) is 5.75 Å². The lowest BCUT2D eigenvalue weighted by Gasteiger charge is -2.41. The van der Waals surface area contributed by atoms with E-state index in [1.807, 2.05) is 53.4 Å². The van der Waals surface area contributed by atoms with Crippen LogP contribution in [0.3, 0.4) is 0 Å². The molecule has 0 unspecified atom stereocenters. The molecule has 1 atom stereocenters. The van der Waals surface area contributed by atoms with E-state index in [1.165, 1.54) is 0 Å². The molecule has 6 nitrogen and oxygen atoms in total. The van der Waals surface area contributed by atoms with Crippen LogP contribution in [0.4, 0.5) is 5.69 Å². The molecule has 30 heavy (non-hydrogen) atoms. The molecule has 2 aromatic carbocycles. The summed E-state index contributed by atoms with van der Waals surface area (Å²) in [7, 11) is 1.60. The first kappa shape index (κ1) is 18.2. The summed E-state index contributed by atoms with van der Waals surface area (Å²) in [6.45, 7) is 0. The third-order valence-electron chi connectivity index (χ3n) is 5.92. The quantitative estimate of drug-likeness (QED) is 0.834. The zero-order valence-corrected chi connectivity index (χ0v) is 16.6. The van der Waals surface area contributed by atoms with Crippen LogP contribution in [0.15, 0.2) is 76.2 Å². The first-order chi connectivity index (χ1) is 14.6. The minimum atomic E-state index is -0.485. The van der Waals surface area contributed by atoms with Gasteiger partial charge in [0.2, 0.25) is 0 Å². The second-order valence-electron chi connectivity index (χ2n) is 7.55. The number of ketones is 1. The number of hydrogen-bond donors (Lipinski definition) is 1. The maximum Gasteiger partial charge on any atom is 0.161 e. The van der Waals surface area contributed by atoms with E-state index >= 15 is 0 Å². The molecule has 0 bridgehead atoms. The number of para-hydroxylation sites is 1. The van der Waals surface area contributed by atoms with Crippen molar-refractivity contribution in [2.24, 2.45) is 10.7 Å². The minimum Gasteiger partial charge on any atom is -0.497 e. The molecule has 0 spiro atoms. The van der Waals surface area contributed by atoms with Crippen LogP contribution in [0.2, 0.25) is 0 Å². The van der Waals surface area contributed by atoms with Crippen molar-refractivity contribution in [1.29, 1.82) is 5.26 Å². The molecule has 0 amide bonds. The lowest BCUT2D eigenvalue weighted by atomic mass is 9.75. The molecule has 0 fully saturated rings. The fourth-order valence-corrected chi connectivity index (χ4v) is 4.63. The second kappa shape index (κ2) is 6.89. The molecule has 0 saturated carbocycles. The van der Waals surface area contributed by atoms with E-state index in [4.69, 9.17) is 10.5 Å². The van der Waals surface area contributed by atoms with E-state index in [0.29, 0.717) is 35.0 Å². The van der Waals surface area contributed by atoms with Crippen molar-refractivity contribution >= 4 is 17.3 Å². The summed E-state index contributed by atoms with van der Waals surface area (Å²) >= 11 is 0. The van der Waals surface area contributed by atoms with E-state index in [0.717, 1.165) is 35.4 Å². The summed E-state index contributed by atoms with van der Waals surface area (Å²) in [5.41, 5.74) is 10.8. The molecule has 2 N–H and O–H groups in total. The molecular formula is C24H20N4O2. The Morgan fingerprint density at radius 2 is 2.03 bits per heavy atom. The van der Waals surface area contributed by atoms with Gasteiger partial charge in [-0.05, 0) is 42.7 Å². The van der Waals surface area contributed by atoms with Crippen molar-refractivity contribution in [3.05, 3.63) is 82.3 Å². The SMILES string of the molecule is COc1cccc([C@@H]2C(C#N)=C3N=C(N)c4ccccc4N3C3=C2C(=O)CCC3)c1. The molecule has 0 saturated heterocycles. The monoisotopic (exact) mass is 396 g/mol. The molecule has 3 aliphatic rings. The summed E-state index contributed by atoms with van der Waals surface area (Å²) in [4.78, 5) is 19.8. The molecule has 2 aliphatic heterocycles. The van der Waals surface area contributed by atoms with E-state index < -0.39 is 5.92 Å². The Bertz CT molecular complexity index is 1220. The topological polar surface area (TPSA) is 91.7 Å². The van der Waals surface area contributed by atoms with E-state index in [9.17, 15) is 10.1 Å². The van der Waals surface area contributed by atoms with Crippen LogP contribution in [0.25, 0.3) is 0 Å². The van der Waals surface area contributed by atoms with Gasteiger partial charge in [-0.1, -0.05) is 24.3 Å². The maximum atomic E-state index is 13.2. The van der Waals surface area contributed by atoms with Crippen LogP contribution >= 0.6 is 0 Å². The molecule has 6 heteroatoms. The molecule has 2 heterocycles. The van der Waals surface area contributed by atoms with Gasteiger partial charge in [0, 0.05) is 23.3 Å². The zero-order valence-electron chi connectivity index (χ0n) is 16.6. The molecular weight excluding hydrogens is 376 g/mol. The highest BCUT2D eigenvalue weighted by Crippen LogP contribution is 2.49. The van der Waals surface area contributed by atoms with E-state index in [2.05, 4.69) is 11.1 Å². The predicted molar refractivity (Wildman–Crippen MR) is 114 cm³/mol. The Morgan fingerprint density at radius 1 is 1.20 bits per heavy atom. The fraction of sp³-hybridized carbons (Fsp3) is 0.208. The first-order valence-electron chi connectivity index (χ1n) is 9.92. The number of amidine groups is 1. The van der Waals surface area contributed by atoms with Crippen LogP contribution in [-0.4, -0.2) is 18.7 Å². The summed E-state index contributed by atoms with van der Waals surface area (Å²) in [5, 5.41) is 10.2. The number of carbonyl (C=O) groups is 1. The number of nitriles is 1. The number of anilines is 1.